The lowest BCUT2D eigenvalue weighted by Crippen LogP contribution is -1.95. The predicted molar refractivity (Wildman–Crippen MR) is 100 cm³/mol. The van der Waals surface area contributed by atoms with Gasteiger partial charge in [-0.3, -0.25) is 10.1 Å². The molecule has 0 atom stereocenters. The Kier molecular flexibility index (Phi) is 5.95. The normalized spacial score (nSPS) is 11.2. The maximum absolute atomic E-state index is 11.0. The minimum Gasteiger partial charge on any atom is -0.497 e. The van der Waals surface area contributed by atoms with Crippen LogP contribution in [0.15, 0.2) is 42.5 Å². The van der Waals surface area contributed by atoms with Gasteiger partial charge in [-0.15, -0.1) is 0 Å². The lowest BCUT2D eigenvalue weighted by Gasteiger charge is -2.05. The van der Waals surface area contributed by atoms with Crippen molar-refractivity contribution in [2.45, 2.75) is 13.8 Å². The number of nitro benzene ring substituents is 1. The molecule has 5 heteroatoms. The van der Waals surface area contributed by atoms with E-state index in [1.54, 1.807) is 28.1 Å². The molecule has 0 amide bonds. The molecule has 2 aromatic carbocycles. The maximum atomic E-state index is 11.0. The van der Waals surface area contributed by atoms with E-state index in [0.717, 1.165) is 22.6 Å². The number of allylic oxidation sites excluding steroid dienone is 2. The molecule has 0 radical (unpaired) electrons. The molecule has 0 unspecified atom stereocenters. The molecule has 0 aromatic heterocycles. The van der Waals surface area contributed by atoms with Gasteiger partial charge in [-0.2, -0.15) is 0 Å². The van der Waals surface area contributed by atoms with Crippen LogP contribution < -0.4 is 9.47 Å². The average molecular weight is 339 g/mol. The molecule has 0 bridgehead atoms. The molecule has 2 aromatic rings. The number of hydrogen-bond acceptors (Lipinski definition) is 4. The summed E-state index contributed by atoms with van der Waals surface area (Å²) < 4.78 is 10.5. The van der Waals surface area contributed by atoms with Crippen molar-refractivity contribution in [3.63, 3.8) is 0 Å². The van der Waals surface area contributed by atoms with Gasteiger partial charge in [0.2, 0.25) is 0 Å². The zero-order chi connectivity index (χ0) is 18.4. The van der Waals surface area contributed by atoms with Gasteiger partial charge >= 0.3 is 0 Å². The zero-order valence-electron chi connectivity index (χ0n) is 14.8. The molecule has 0 spiro atoms. The molecule has 5 nitrogen and oxygen atoms in total. The van der Waals surface area contributed by atoms with Crippen LogP contribution in [-0.4, -0.2) is 19.1 Å². The molecule has 0 saturated heterocycles. The lowest BCUT2D eigenvalue weighted by molar-refractivity contribution is -0.386. The molecule has 0 fully saturated rings. The van der Waals surface area contributed by atoms with E-state index in [-0.39, 0.29) is 10.6 Å². The van der Waals surface area contributed by atoms with E-state index in [1.165, 1.54) is 0 Å². The fourth-order valence-corrected chi connectivity index (χ4v) is 2.63. The quantitative estimate of drug-likeness (QED) is 0.424. The van der Waals surface area contributed by atoms with Gasteiger partial charge in [0.15, 0.2) is 0 Å². The molecule has 0 heterocycles. The highest BCUT2D eigenvalue weighted by Gasteiger charge is 2.14. The standard InChI is InChI=1S/C20H21NO4/c1-14-9-16(10-15(2)20(14)21(22)23)7-5-6-8-17-11-18(24-3)13-19(12-17)25-4/h5-13H,1-4H3/b7-5+,8-6+. The summed E-state index contributed by atoms with van der Waals surface area (Å²) in [5.41, 5.74) is 3.37. The highest BCUT2D eigenvalue weighted by molar-refractivity contribution is 5.62. The number of ether oxygens (including phenoxy) is 2. The van der Waals surface area contributed by atoms with Gasteiger partial charge in [0.1, 0.15) is 11.5 Å². The van der Waals surface area contributed by atoms with Crippen molar-refractivity contribution in [2.75, 3.05) is 14.2 Å². The van der Waals surface area contributed by atoms with Gasteiger partial charge in [-0.25, -0.2) is 0 Å². The van der Waals surface area contributed by atoms with E-state index in [2.05, 4.69) is 0 Å². The molecule has 0 N–H and O–H groups in total. The first-order valence-corrected chi connectivity index (χ1v) is 7.78. The molecular formula is C20H21NO4. The highest BCUT2D eigenvalue weighted by Crippen LogP contribution is 2.25. The molecule has 130 valence electrons. The Morgan fingerprint density at radius 3 is 1.68 bits per heavy atom. The molecule has 0 saturated carbocycles. The summed E-state index contributed by atoms with van der Waals surface area (Å²) in [4.78, 5) is 10.7. The van der Waals surface area contributed by atoms with Crippen molar-refractivity contribution in [3.05, 3.63) is 74.9 Å². The molecule has 0 aliphatic heterocycles. The SMILES string of the molecule is COc1cc(/C=C/C=C/c2cc(C)c([N+](=O)[O-])c(C)c2)cc(OC)c1. The first kappa shape index (κ1) is 18.3. The van der Waals surface area contributed by atoms with E-state index >= 15 is 0 Å². The van der Waals surface area contributed by atoms with Crippen molar-refractivity contribution in [3.8, 4) is 11.5 Å². The summed E-state index contributed by atoms with van der Waals surface area (Å²) in [5, 5.41) is 11.0. The molecule has 0 aliphatic carbocycles. The smallest absolute Gasteiger partial charge is 0.275 e. The topological polar surface area (TPSA) is 61.6 Å². The number of rotatable bonds is 6. The van der Waals surface area contributed by atoms with Crippen LogP contribution in [0.3, 0.4) is 0 Å². The van der Waals surface area contributed by atoms with Crippen molar-refractivity contribution in [2.24, 2.45) is 0 Å². The van der Waals surface area contributed by atoms with Gasteiger partial charge in [0, 0.05) is 17.2 Å². The Morgan fingerprint density at radius 1 is 0.840 bits per heavy atom. The van der Waals surface area contributed by atoms with Crippen LogP contribution in [0.2, 0.25) is 0 Å². The summed E-state index contributed by atoms with van der Waals surface area (Å²) >= 11 is 0. The Balaban J connectivity index is 2.18. The van der Waals surface area contributed by atoms with Crippen molar-refractivity contribution >= 4 is 17.8 Å². The Hall–Kier alpha value is -3.08. The summed E-state index contributed by atoms with van der Waals surface area (Å²) in [7, 11) is 3.23. The summed E-state index contributed by atoms with van der Waals surface area (Å²) in [5.74, 6) is 1.45. The van der Waals surface area contributed by atoms with E-state index in [1.807, 2.05) is 54.6 Å². The summed E-state index contributed by atoms with van der Waals surface area (Å²) in [6.07, 6.45) is 7.65. The van der Waals surface area contributed by atoms with Crippen LogP contribution in [0.4, 0.5) is 5.69 Å². The summed E-state index contributed by atoms with van der Waals surface area (Å²) in [6, 6.07) is 9.25. The molecule has 0 aliphatic rings. The monoisotopic (exact) mass is 339 g/mol. The first-order chi connectivity index (χ1) is 11.9. The van der Waals surface area contributed by atoms with E-state index in [4.69, 9.17) is 9.47 Å². The third-order valence-corrected chi connectivity index (χ3v) is 3.76. The average Bonchev–Trinajstić information content (AvgIpc) is 2.57. The van der Waals surface area contributed by atoms with Crippen molar-refractivity contribution in [1.29, 1.82) is 0 Å². The fraction of sp³-hybridized carbons (Fsp3) is 0.200. The zero-order valence-corrected chi connectivity index (χ0v) is 14.8. The van der Waals surface area contributed by atoms with Gasteiger partial charge in [-0.05, 0) is 49.2 Å². The third-order valence-electron chi connectivity index (χ3n) is 3.76. The van der Waals surface area contributed by atoms with Crippen LogP contribution in [0, 0.1) is 24.0 Å². The number of hydrogen-bond donors (Lipinski definition) is 0. The van der Waals surface area contributed by atoms with E-state index < -0.39 is 0 Å². The van der Waals surface area contributed by atoms with Gasteiger partial charge in [0.05, 0.1) is 19.1 Å². The summed E-state index contributed by atoms with van der Waals surface area (Å²) in [6.45, 7) is 3.50. The maximum Gasteiger partial charge on any atom is 0.275 e. The third kappa shape index (κ3) is 4.70. The Morgan fingerprint density at radius 2 is 1.28 bits per heavy atom. The van der Waals surface area contributed by atoms with Crippen LogP contribution in [-0.2, 0) is 0 Å². The Labute approximate surface area is 147 Å². The molecule has 25 heavy (non-hydrogen) atoms. The lowest BCUT2D eigenvalue weighted by atomic mass is 10.0. The number of aryl methyl sites for hydroxylation is 2. The van der Waals surface area contributed by atoms with Crippen LogP contribution in [0.25, 0.3) is 12.2 Å². The van der Waals surface area contributed by atoms with E-state index in [9.17, 15) is 10.1 Å². The van der Waals surface area contributed by atoms with Gasteiger partial charge in [-0.1, -0.05) is 24.3 Å². The largest absolute Gasteiger partial charge is 0.497 e. The van der Waals surface area contributed by atoms with Gasteiger partial charge in [0.25, 0.3) is 5.69 Å². The number of benzene rings is 2. The van der Waals surface area contributed by atoms with Crippen molar-refractivity contribution in [1.82, 2.24) is 0 Å². The van der Waals surface area contributed by atoms with Crippen LogP contribution >= 0.6 is 0 Å². The van der Waals surface area contributed by atoms with E-state index in [0.29, 0.717) is 11.1 Å². The number of nitro groups is 1. The number of methoxy groups -OCH3 is 2. The van der Waals surface area contributed by atoms with Crippen LogP contribution in [0.5, 0.6) is 11.5 Å². The Bertz CT molecular complexity index is 792. The van der Waals surface area contributed by atoms with Crippen LogP contribution in [0.1, 0.15) is 22.3 Å². The fourth-order valence-electron chi connectivity index (χ4n) is 2.63. The minimum absolute atomic E-state index is 0.177. The minimum atomic E-state index is -0.339. The second-order valence-corrected chi connectivity index (χ2v) is 5.62. The first-order valence-electron chi connectivity index (χ1n) is 7.78. The highest BCUT2D eigenvalue weighted by atomic mass is 16.6. The molecular weight excluding hydrogens is 318 g/mol. The van der Waals surface area contributed by atoms with Gasteiger partial charge < -0.3 is 9.47 Å². The second kappa shape index (κ2) is 8.15. The second-order valence-electron chi connectivity index (χ2n) is 5.62. The van der Waals surface area contributed by atoms with Crippen molar-refractivity contribution < 1.29 is 14.4 Å². The predicted octanol–water partition coefficient (Wildman–Crippen LogP) is 4.96. The molecule has 2 rings (SSSR count). The number of nitrogens with zero attached hydrogens (tertiary/aromatic N) is 1.